The van der Waals surface area contributed by atoms with E-state index >= 15 is 0 Å². The molecule has 128 valence electrons. The Labute approximate surface area is 143 Å². The summed E-state index contributed by atoms with van der Waals surface area (Å²) in [5, 5.41) is 3.34. The highest BCUT2D eigenvalue weighted by Crippen LogP contribution is 2.19. The number of para-hydroxylation sites is 2. The van der Waals surface area contributed by atoms with Gasteiger partial charge in [0.2, 0.25) is 0 Å². The number of carbonyl (C=O) groups is 2. The Morgan fingerprint density at radius 1 is 1.16 bits per heavy atom. The summed E-state index contributed by atoms with van der Waals surface area (Å²) in [5.41, 5.74) is 1.77. The number of nitrogens with one attached hydrogen (secondary N) is 2. The first-order valence-corrected chi connectivity index (χ1v) is 7.84. The van der Waals surface area contributed by atoms with Crippen molar-refractivity contribution in [2.75, 3.05) is 5.32 Å². The molecule has 0 saturated carbocycles. The lowest BCUT2D eigenvalue weighted by Gasteiger charge is -2.13. The van der Waals surface area contributed by atoms with E-state index in [1.54, 1.807) is 12.3 Å². The first-order valence-electron chi connectivity index (χ1n) is 7.84. The number of hydrogen-bond donors (Lipinski definition) is 2. The fourth-order valence-corrected chi connectivity index (χ4v) is 2.52. The molecule has 2 aromatic carbocycles. The molecule has 1 aromatic heterocycles. The summed E-state index contributed by atoms with van der Waals surface area (Å²) >= 11 is 0. The summed E-state index contributed by atoms with van der Waals surface area (Å²) in [5.74, 6) is -1.66. The lowest BCUT2D eigenvalue weighted by atomic mass is 10.1. The molecule has 5 nitrogen and oxygen atoms in total. The van der Waals surface area contributed by atoms with Crippen LogP contribution in [0.25, 0.3) is 10.9 Å². The Morgan fingerprint density at radius 3 is 2.68 bits per heavy atom. The molecule has 0 aliphatic rings. The minimum atomic E-state index is -1.03. The number of hydrogen-bond acceptors (Lipinski definition) is 3. The highest BCUT2D eigenvalue weighted by atomic mass is 19.1. The Kier molecular flexibility index (Phi) is 4.79. The first-order chi connectivity index (χ1) is 12.0. The monoisotopic (exact) mass is 340 g/mol. The van der Waals surface area contributed by atoms with Crippen LogP contribution in [0.3, 0.4) is 0 Å². The van der Waals surface area contributed by atoms with Crippen molar-refractivity contribution >= 4 is 28.5 Å². The first kappa shape index (κ1) is 16.7. The number of rotatable bonds is 5. The third-order valence-corrected chi connectivity index (χ3v) is 3.82. The highest BCUT2D eigenvalue weighted by Gasteiger charge is 2.20. The number of halogens is 1. The van der Waals surface area contributed by atoms with Gasteiger partial charge >= 0.3 is 5.97 Å². The van der Waals surface area contributed by atoms with Crippen LogP contribution < -0.4 is 5.32 Å². The Balaban J connectivity index is 1.60. The second-order valence-electron chi connectivity index (χ2n) is 5.64. The molecule has 1 amide bonds. The lowest BCUT2D eigenvalue weighted by molar-refractivity contribution is -0.152. The topological polar surface area (TPSA) is 71.2 Å². The van der Waals surface area contributed by atoms with Gasteiger partial charge in [-0.05, 0) is 30.7 Å². The zero-order valence-electron chi connectivity index (χ0n) is 13.6. The van der Waals surface area contributed by atoms with Gasteiger partial charge in [-0.15, -0.1) is 0 Å². The second kappa shape index (κ2) is 7.17. The summed E-state index contributed by atoms with van der Waals surface area (Å²) in [7, 11) is 0. The van der Waals surface area contributed by atoms with Gasteiger partial charge in [0.25, 0.3) is 5.91 Å². The molecule has 6 heteroatoms. The average Bonchev–Trinajstić information content (AvgIpc) is 3.00. The van der Waals surface area contributed by atoms with Crippen molar-refractivity contribution in [2.24, 2.45) is 0 Å². The van der Waals surface area contributed by atoms with Crippen molar-refractivity contribution in [3.05, 3.63) is 66.1 Å². The van der Waals surface area contributed by atoms with Gasteiger partial charge in [0.05, 0.1) is 12.1 Å². The molecule has 1 atom stereocenters. The zero-order chi connectivity index (χ0) is 17.8. The largest absolute Gasteiger partial charge is 0.452 e. The maximum atomic E-state index is 13.6. The Hall–Kier alpha value is -3.15. The molecule has 1 heterocycles. The normalized spacial score (nSPS) is 11.9. The number of H-pyrrole nitrogens is 1. The molecular weight excluding hydrogens is 323 g/mol. The van der Waals surface area contributed by atoms with Crippen molar-refractivity contribution in [3.63, 3.8) is 0 Å². The number of anilines is 1. The molecular formula is C19H17FN2O3. The van der Waals surface area contributed by atoms with Gasteiger partial charge in [-0.2, -0.15) is 0 Å². The molecule has 25 heavy (non-hydrogen) atoms. The molecule has 0 radical (unpaired) electrons. The fourth-order valence-electron chi connectivity index (χ4n) is 2.52. The molecule has 3 aromatic rings. The van der Waals surface area contributed by atoms with Crippen LogP contribution in [-0.2, 0) is 20.7 Å². The van der Waals surface area contributed by atoms with Gasteiger partial charge in [0.1, 0.15) is 5.82 Å². The van der Waals surface area contributed by atoms with Crippen molar-refractivity contribution in [2.45, 2.75) is 19.4 Å². The average molecular weight is 340 g/mol. The molecule has 0 unspecified atom stereocenters. The van der Waals surface area contributed by atoms with Gasteiger partial charge < -0.3 is 15.0 Å². The third-order valence-electron chi connectivity index (χ3n) is 3.82. The van der Waals surface area contributed by atoms with E-state index < -0.39 is 23.8 Å². The predicted molar refractivity (Wildman–Crippen MR) is 92.6 cm³/mol. The van der Waals surface area contributed by atoms with Crippen molar-refractivity contribution in [3.8, 4) is 0 Å². The molecule has 0 aliphatic heterocycles. The summed E-state index contributed by atoms with van der Waals surface area (Å²) in [6, 6.07) is 13.4. The van der Waals surface area contributed by atoms with Crippen LogP contribution in [0.4, 0.5) is 10.1 Å². The molecule has 0 bridgehead atoms. The maximum absolute atomic E-state index is 13.6. The quantitative estimate of drug-likeness (QED) is 0.699. The van der Waals surface area contributed by atoms with Crippen LogP contribution in [0.5, 0.6) is 0 Å². The van der Waals surface area contributed by atoms with Crippen LogP contribution in [0.2, 0.25) is 0 Å². The summed E-state index contributed by atoms with van der Waals surface area (Å²) < 4.78 is 18.7. The van der Waals surface area contributed by atoms with E-state index in [-0.39, 0.29) is 12.1 Å². The van der Waals surface area contributed by atoms with E-state index in [1.807, 2.05) is 24.3 Å². The Bertz CT molecular complexity index is 920. The number of benzene rings is 2. The predicted octanol–water partition coefficient (Wildman–Crippen LogP) is 3.42. The van der Waals surface area contributed by atoms with Crippen LogP contribution in [0.15, 0.2) is 54.7 Å². The van der Waals surface area contributed by atoms with E-state index in [9.17, 15) is 14.0 Å². The minimum Gasteiger partial charge on any atom is -0.452 e. The zero-order valence-corrected chi connectivity index (χ0v) is 13.6. The lowest BCUT2D eigenvalue weighted by Crippen LogP contribution is -2.30. The van der Waals surface area contributed by atoms with Crippen LogP contribution in [0, 0.1) is 5.82 Å². The number of ether oxygens (including phenoxy) is 1. The van der Waals surface area contributed by atoms with Gasteiger partial charge in [-0.3, -0.25) is 9.59 Å². The molecule has 0 spiro atoms. The smallest absolute Gasteiger partial charge is 0.311 e. The van der Waals surface area contributed by atoms with Gasteiger partial charge in [-0.1, -0.05) is 30.3 Å². The van der Waals surface area contributed by atoms with Gasteiger partial charge in [0.15, 0.2) is 6.10 Å². The van der Waals surface area contributed by atoms with Crippen molar-refractivity contribution < 1.29 is 18.7 Å². The van der Waals surface area contributed by atoms with E-state index in [2.05, 4.69) is 10.3 Å². The molecule has 2 N–H and O–H groups in total. The van der Waals surface area contributed by atoms with Crippen LogP contribution >= 0.6 is 0 Å². The highest BCUT2D eigenvalue weighted by molar-refractivity contribution is 5.95. The SMILES string of the molecule is C[C@@H](OC(=O)Cc1c[nH]c2ccccc12)C(=O)Nc1ccccc1F. The number of aromatic nitrogens is 1. The molecule has 3 rings (SSSR count). The summed E-state index contributed by atoms with van der Waals surface area (Å²) in [4.78, 5) is 27.2. The number of amides is 1. The fraction of sp³-hybridized carbons (Fsp3) is 0.158. The van der Waals surface area contributed by atoms with Crippen LogP contribution in [0.1, 0.15) is 12.5 Å². The third kappa shape index (κ3) is 3.85. The number of aromatic amines is 1. The van der Waals surface area contributed by atoms with E-state index in [1.165, 1.54) is 25.1 Å². The molecule has 0 aliphatic carbocycles. The Morgan fingerprint density at radius 2 is 1.88 bits per heavy atom. The van der Waals surface area contributed by atoms with Crippen molar-refractivity contribution in [1.82, 2.24) is 4.98 Å². The minimum absolute atomic E-state index is 0.0430. The number of esters is 1. The van der Waals surface area contributed by atoms with Gasteiger partial charge in [0, 0.05) is 17.1 Å². The molecule has 0 saturated heterocycles. The number of carbonyl (C=O) groups excluding carboxylic acids is 2. The summed E-state index contributed by atoms with van der Waals surface area (Å²) in [6.45, 7) is 1.45. The molecule has 0 fully saturated rings. The van der Waals surface area contributed by atoms with E-state index in [0.29, 0.717) is 0 Å². The standard InChI is InChI=1S/C19H17FN2O3/c1-12(19(24)22-17-9-5-3-7-15(17)20)25-18(23)10-13-11-21-16-8-4-2-6-14(13)16/h2-9,11-12,21H,10H2,1H3,(H,22,24)/t12-/m1/s1. The van der Waals surface area contributed by atoms with Crippen LogP contribution in [-0.4, -0.2) is 23.0 Å². The van der Waals surface area contributed by atoms with E-state index in [4.69, 9.17) is 4.74 Å². The maximum Gasteiger partial charge on any atom is 0.311 e. The number of fused-ring (bicyclic) bond motifs is 1. The second-order valence-corrected chi connectivity index (χ2v) is 5.64. The van der Waals surface area contributed by atoms with Gasteiger partial charge in [-0.25, -0.2) is 4.39 Å². The van der Waals surface area contributed by atoms with E-state index in [0.717, 1.165) is 16.5 Å². The summed E-state index contributed by atoms with van der Waals surface area (Å²) in [6.07, 6.45) is 0.759. The van der Waals surface area contributed by atoms with Crippen molar-refractivity contribution in [1.29, 1.82) is 0 Å².